The van der Waals surface area contributed by atoms with Crippen molar-refractivity contribution >= 4 is 47.2 Å². The molecular weight excluding hydrogens is 731 g/mol. The van der Waals surface area contributed by atoms with Gasteiger partial charge in [0.2, 0.25) is 29.5 Å². The number of piperidine rings is 1. The molecule has 0 saturated carbocycles. The Morgan fingerprint density at radius 2 is 1.47 bits per heavy atom. The molecule has 4 N–H and O–H groups in total. The third kappa shape index (κ3) is 9.57. The molecular formula is C42H55N7O8. The maximum Gasteiger partial charge on any atom is 0.329 e. The number of ether oxygens (including phenoxy) is 1. The lowest BCUT2D eigenvalue weighted by Crippen LogP contribution is -2.63. The number of hydrogen-bond donors (Lipinski definition) is 4. The average molecular weight is 786 g/mol. The highest BCUT2D eigenvalue weighted by Crippen LogP contribution is 2.29. The zero-order valence-electron chi connectivity index (χ0n) is 33.2. The monoisotopic (exact) mass is 785 g/mol. The fraction of sp³-hybridized carbons (Fsp3) is 0.548. The minimum Gasteiger partial charge on any atom is -0.458 e. The van der Waals surface area contributed by atoms with Crippen molar-refractivity contribution in [2.75, 3.05) is 25.0 Å². The summed E-state index contributed by atoms with van der Waals surface area (Å²) in [6.45, 7) is 7.78. The van der Waals surface area contributed by atoms with E-state index in [1.807, 2.05) is 56.3 Å². The van der Waals surface area contributed by atoms with Gasteiger partial charge in [0.25, 0.3) is 0 Å². The fourth-order valence-electron chi connectivity index (χ4n) is 8.43. The Bertz CT molecular complexity index is 1820. The van der Waals surface area contributed by atoms with Gasteiger partial charge in [0.05, 0.1) is 0 Å². The second kappa shape index (κ2) is 18.2. The Morgan fingerprint density at radius 3 is 2.19 bits per heavy atom. The van der Waals surface area contributed by atoms with E-state index in [1.165, 1.54) is 21.6 Å². The van der Waals surface area contributed by atoms with Gasteiger partial charge in [-0.3, -0.25) is 24.0 Å². The molecule has 2 aromatic carbocycles. The van der Waals surface area contributed by atoms with Gasteiger partial charge in [-0.2, -0.15) is 0 Å². The first-order chi connectivity index (χ1) is 27.3. The van der Waals surface area contributed by atoms with E-state index in [4.69, 9.17) is 4.74 Å². The molecule has 0 radical (unpaired) electrons. The van der Waals surface area contributed by atoms with Gasteiger partial charge in [-0.15, -0.1) is 0 Å². The summed E-state index contributed by atoms with van der Waals surface area (Å²) in [5.41, 5.74) is 2.36. The third-order valence-corrected chi connectivity index (χ3v) is 11.6. The number of aryl methyl sites for hydroxylation is 1. The van der Waals surface area contributed by atoms with Gasteiger partial charge >= 0.3 is 12.0 Å². The number of benzene rings is 2. The van der Waals surface area contributed by atoms with Crippen LogP contribution in [0.2, 0.25) is 0 Å². The summed E-state index contributed by atoms with van der Waals surface area (Å²) in [5, 5.41) is 11.1. The number of hydrogen-bond acceptors (Lipinski definition) is 8. The SMILES string of the molecule is CCc1ccc(NC(=O)N[C@@H](Cc2ccccc2)C(=O)N[C@@H]2C(=O)N3CCC[C@H]3C(=O)N3CCCC[C@H]3C(=O)N[C@@H](C)C(=O)N3C[C@H](C)C[C@H]3C(=O)O[C@H]2C)cc1. The summed E-state index contributed by atoms with van der Waals surface area (Å²) in [7, 11) is 0. The van der Waals surface area contributed by atoms with Crippen LogP contribution in [0.3, 0.4) is 0 Å². The molecule has 0 unspecified atom stereocenters. The van der Waals surface area contributed by atoms with E-state index in [-0.39, 0.29) is 31.3 Å². The predicted octanol–water partition coefficient (Wildman–Crippen LogP) is 2.53. The zero-order chi connectivity index (χ0) is 40.8. The van der Waals surface area contributed by atoms with Crippen molar-refractivity contribution in [1.82, 2.24) is 30.7 Å². The Hall–Kier alpha value is -5.47. The van der Waals surface area contributed by atoms with Crippen LogP contribution in [0.1, 0.15) is 77.3 Å². The highest BCUT2D eigenvalue weighted by atomic mass is 16.5. The van der Waals surface area contributed by atoms with Crippen molar-refractivity contribution in [3.63, 3.8) is 0 Å². The third-order valence-electron chi connectivity index (χ3n) is 11.6. The van der Waals surface area contributed by atoms with Crippen LogP contribution >= 0.6 is 0 Å². The van der Waals surface area contributed by atoms with Gasteiger partial charge < -0.3 is 40.7 Å². The Balaban J connectivity index is 1.31. The lowest BCUT2D eigenvalue weighted by molar-refractivity contribution is -0.163. The largest absolute Gasteiger partial charge is 0.458 e. The van der Waals surface area contributed by atoms with Crippen LogP contribution in [0.5, 0.6) is 0 Å². The Kier molecular flexibility index (Phi) is 13.1. The van der Waals surface area contributed by atoms with Crippen LogP contribution in [0.4, 0.5) is 10.5 Å². The summed E-state index contributed by atoms with van der Waals surface area (Å²) >= 11 is 0. The molecule has 15 heteroatoms. The molecule has 0 aromatic heterocycles. The van der Waals surface area contributed by atoms with E-state index in [0.717, 1.165) is 17.5 Å². The molecule has 0 aliphatic carbocycles. The molecule has 4 fully saturated rings. The number of nitrogens with one attached hydrogen (secondary N) is 4. The molecule has 4 aliphatic heterocycles. The highest BCUT2D eigenvalue weighted by Gasteiger charge is 2.47. The van der Waals surface area contributed by atoms with E-state index in [9.17, 15) is 33.6 Å². The first kappa shape index (κ1) is 41.2. The summed E-state index contributed by atoms with van der Waals surface area (Å²) in [6.07, 6.45) is 2.60. The number of fused-ring (bicyclic) bond motifs is 3. The molecule has 4 saturated heterocycles. The number of nitrogens with zero attached hydrogens (tertiary/aromatic N) is 3. The minimum atomic E-state index is -1.46. The number of rotatable bonds is 7. The van der Waals surface area contributed by atoms with Crippen LogP contribution in [0.25, 0.3) is 0 Å². The molecule has 2 aromatic rings. The molecule has 0 bridgehead atoms. The van der Waals surface area contributed by atoms with Crippen molar-refractivity contribution in [2.45, 2.75) is 121 Å². The normalized spacial score (nSPS) is 27.8. The second-order valence-electron chi connectivity index (χ2n) is 15.8. The van der Waals surface area contributed by atoms with E-state index in [0.29, 0.717) is 50.8 Å². The first-order valence-corrected chi connectivity index (χ1v) is 20.3. The molecule has 6 rings (SSSR count). The molecule has 57 heavy (non-hydrogen) atoms. The van der Waals surface area contributed by atoms with Crippen molar-refractivity contribution in [3.8, 4) is 0 Å². The molecule has 0 spiro atoms. The van der Waals surface area contributed by atoms with Crippen molar-refractivity contribution in [2.24, 2.45) is 5.92 Å². The number of anilines is 1. The predicted molar refractivity (Wildman–Crippen MR) is 210 cm³/mol. The van der Waals surface area contributed by atoms with Gasteiger partial charge in [0.15, 0.2) is 0 Å². The van der Waals surface area contributed by atoms with Gasteiger partial charge in [0, 0.05) is 31.7 Å². The topological polar surface area (TPSA) is 187 Å². The maximum absolute atomic E-state index is 14.7. The summed E-state index contributed by atoms with van der Waals surface area (Å²) < 4.78 is 5.96. The first-order valence-electron chi connectivity index (χ1n) is 20.3. The lowest BCUT2D eigenvalue weighted by atomic mass is 9.99. The van der Waals surface area contributed by atoms with E-state index in [2.05, 4.69) is 21.3 Å². The molecule has 15 nitrogen and oxygen atoms in total. The lowest BCUT2D eigenvalue weighted by Gasteiger charge is -2.39. The van der Waals surface area contributed by atoms with E-state index in [1.54, 1.807) is 19.1 Å². The van der Waals surface area contributed by atoms with Gasteiger partial charge in [0.1, 0.15) is 42.4 Å². The number of carbonyl (C=O) groups excluding carboxylic acids is 7. The molecule has 4 heterocycles. The van der Waals surface area contributed by atoms with Gasteiger partial charge in [-0.25, -0.2) is 9.59 Å². The van der Waals surface area contributed by atoms with Gasteiger partial charge in [-0.05, 0) is 88.0 Å². The summed E-state index contributed by atoms with van der Waals surface area (Å²) in [4.78, 5) is 103. The average Bonchev–Trinajstić information content (AvgIpc) is 3.86. The standard InChI is InChI=1S/C42H55N7O8/c1-5-28-16-18-30(19-17-28)44-42(56)45-31(23-29-12-7-6-8-13-29)36(50)46-35-27(4)57-41(55)34-22-25(2)24-49(34)38(52)26(3)43-37(51)32-14-9-10-20-47(32)39(53)33-15-11-21-48(33)40(35)54/h6-8,12-13,16-19,25-27,31-35H,5,9-11,14-15,20-24H2,1-4H3,(H,43,51)(H,46,50)(H2,44,45,56)/t25-,26+,27+,31+,32+,33+,34+,35+/m1/s1. The zero-order valence-corrected chi connectivity index (χ0v) is 33.2. The van der Waals surface area contributed by atoms with Crippen molar-refractivity contribution < 1.29 is 38.3 Å². The number of cyclic esters (lactones) is 1. The summed E-state index contributed by atoms with van der Waals surface area (Å²) in [5.74, 6) is -3.46. The smallest absolute Gasteiger partial charge is 0.329 e. The van der Waals surface area contributed by atoms with Gasteiger partial charge in [-0.1, -0.05) is 56.3 Å². The number of amides is 7. The molecule has 7 amide bonds. The number of carbonyl (C=O) groups is 7. The fourth-order valence-corrected chi connectivity index (χ4v) is 8.43. The van der Waals surface area contributed by atoms with Crippen LogP contribution in [-0.4, -0.2) is 118 Å². The number of urea groups is 1. The van der Waals surface area contributed by atoms with Crippen LogP contribution in [-0.2, 0) is 46.3 Å². The molecule has 306 valence electrons. The quantitative estimate of drug-likeness (QED) is 0.309. The highest BCUT2D eigenvalue weighted by molar-refractivity contribution is 5.98. The van der Waals surface area contributed by atoms with E-state index >= 15 is 0 Å². The van der Waals surface area contributed by atoms with Crippen molar-refractivity contribution in [3.05, 3.63) is 65.7 Å². The Morgan fingerprint density at radius 1 is 0.789 bits per heavy atom. The van der Waals surface area contributed by atoms with Crippen LogP contribution in [0, 0.1) is 5.92 Å². The maximum atomic E-state index is 14.7. The second-order valence-corrected chi connectivity index (χ2v) is 15.8. The van der Waals surface area contributed by atoms with Crippen LogP contribution < -0.4 is 21.3 Å². The number of esters is 1. The summed E-state index contributed by atoms with van der Waals surface area (Å²) in [6, 6.07) is 9.43. The van der Waals surface area contributed by atoms with Crippen LogP contribution in [0.15, 0.2) is 54.6 Å². The molecule has 4 aliphatic rings. The Labute approximate surface area is 333 Å². The van der Waals surface area contributed by atoms with E-state index < -0.39 is 78.0 Å². The van der Waals surface area contributed by atoms with Crippen molar-refractivity contribution in [1.29, 1.82) is 0 Å². The molecule has 8 atom stereocenters. The minimum absolute atomic E-state index is 0.0544.